The van der Waals surface area contributed by atoms with Crippen LogP contribution in [0.25, 0.3) is 0 Å². The monoisotopic (exact) mass is 214 g/mol. The number of carbonyl (C=O) groups excluding carboxylic acids is 1. The number of benzene rings is 1. The van der Waals surface area contributed by atoms with Gasteiger partial charge in [-0.25, -0.2) is 4.79 Å². The molecule has 0 bridgehead atoms. The fraction of sp³-hybridized carbons (Fsp3) is 0.300. The average molecular weight is 215 g/mol. The molecule has 0 aliphatic rings. The van der Waals surface area contributed by atoms with Crippen LogP contribution in [0.5, 0.6) is 5.75 Å². The molecule has 0 saturated heterocycles. The highest BCUT2D eigenvalue weighted by Crippen LogP contribution is 2.18. The summed E-state index contributed by atoms with van der Waals surface area (Å²) in [6.45, 7) is 1.62. The van der Waals surface area contributed by atoms with E-state index in [4.69, 9.17) is 16.3 Å². The van der Waals surface area contributed by atoms with Crippen LogP contribution in [-0.2, 0) is 9.53 Å². The molecule has 0 spiro atoms. The summed E-state index contributed by atoms with van der Waals surface area (Å²) in [5.74, 6) is 0.139. The lowest BCUT2D eigenvalue weighted by Gasteiger charge is -2.12. The summed E-state index contributed by atoms with van der Waals surface area (Å²) in [5.41, 5.74) is 0. The SMILES string of the molecule is COC(=O)[C@@H](C)Oc1cccc(Cl)c1. The van der Waals surface area contributed by atoms with E-state index >= 15 is 0 Å². The minimum atomic E-state index is -0.626. The van der Waals surface area contributed by atoms with Gasteiger partial charge in [-0.2, -0.15) is 0 Å². The van der Waals surface area contributed by atoms with Gasteiger partial charge in [0.2, 0.25) is 0 Å². The van der Waals surface area contributed by atoms with Crippen LogP contribution in [0.3, 0.4) is 0 Å². The van der Waals surface area contributed by atoms with Gasteiger partial charge in [-0.1, -0.05) is 17.7 Å². The normalized spacial score (nSPS) is 11.9. The second-order valence-electron chi connectivity index (χ2n) is 2.74. The van der Waals surface area contributed by atoms with Crippen molar-refractivity contribution >= 4 is 17.6 Å². The van der Waals surface area contributed by atoms with E-state index in [1.165, 1.54) is 7.11 Å². The van der Waals surface area contributed by atoms with Gasteiger partial charge in [0.15, 0.2) is 6.10 Å². The van der Waals surface area contributed by atoms with Crippen molar-refractivity contribution in [3.8, 4) is 5.75 Å². The Balaban J connectivity index is 2.64. The third-order valence-corrected chi connectivity index (χ3v) is 1.88. The predicted molar refractivity (Wildman–Crippen MR) is 53.6 cm³/mol. The quantitative estimate of drug-likeness (QED) is 0.725. The van der Waals surface area contributed by atoms with E-state index in [1.54, 1.807) is 31.2 Å². The molecule has 4 heteroatoms. The first-order chi connectivity index (χ1) is 6.63. The molecule has 0 heterocycles. The van der Waals surface area contributed by atoms with Gasteiger partial charge in [0.05, 0.1) is 7.11 Å². The van der Waals surface area contributed by atoms with E-state index < -0.39 is 12.1 Å². The molecule has 0 saturated carbocycles. The fourth-order valence-corrected chi connectivity index (χ4v) is 1.14. The van der Waals surface area contributed by atoms with Crippen LogP contribution in [0.15, 0.2) is 24.3 Å². The maximum atomic E-state index is 11.0. The Morgan fingerprint density at radius 1 is 1.50 bits per heavy atom. The van der Waals surface area contributed by atoms with Crippen molar-refractivity contribution < 1.29 is 14.3 Å². The molecule has 1 rings (SSSR count). The standard InChI is InChI=1S/C10H11ClO3/c1-7(10(12)13-2)14-9-5-3-4-8(11)6-9/h3-7H,1-2H3/t7-/m1/s1. The first kappa shape index (κ1) is 10.9. The van der Waals surface area contributed by atoms with Crippen LogP contribution in [-0.4, -0.2) is 19.2 Å². The van der Waals surface area contributed by atoms with Crippen molar-refractivity contribution in [3.05, 3.63) is 29.3 Å². The molecule has 0 aliphatic carbocycles. The highest BCUT2D eigenvalue weighted by molar-refractivity contribution is 6.30. The van der Waals surface area contributed by atoms with Crippen molar-refractivity contribution in [1.82, 2.24) is 0 Å². The number of carbonyl (C=O) groups is 1. The van der Waals surface area contributed by atoms with E-state index in [-0.39, 0.29) is 0 Å². The Morgan fingerprint density at radius 2 is 2.21 bits per heavy atom. The first-order valence-corrected chi connectivity index (χ1v) is 4.51. The number of esters is 1. The summed E-state index contributed by atoms with van der Waals surface area (Å²) in [5, 5.41) is 0.569. The summed E-state index contributed by atoms with van der Waals surface area (Å²) in [4.78, 5) is 11.0. The minimum Gasteiger partial charge on any atom is -0.479 e. The van der Waals surface area contributed by atoms with Gasteiger partial charge in [0.1, 0.15) is 5.75 Å². The molecule has 0 radical (unpaired) electrons. The van der Waals surface area contributed by atoms with Crippen molar-refractivity contribution in [2.75, 3.05) is 7.11 Å². The number of rotatable bonds is 3. The topological polar surface area (TPSA) is 35.5 Å². The smallest absolute Gasteiger partial charge is 0.346 e. The summed E-state index contributed by atoms with van der Waals surface area (Å²) >= 11 is 5.75. The lowest BCUT2D eigenvalue weighted by atomic mass is 10.3. The van der Waals surface area contributed by atoms with E-state index in [0.717, 1.165) is 0 Å². The van der Waals surface area contributed by atoms with Gasteiger partial charge in [-0.15, -0.1) is 0 Å². The highest BCUT2D eigenvalue weighted by atomic mass is 35.5. The first-order valence-electron chi connectivity index (χ1n) is 4.13. The van der Waals surface area contributed by atoms with Crippen LogP contribution in [0.2, 0.25) is 5.02 Å². The second kappa shape index (κ2) is 4.86. The zero-order valence-corrected chi connectivity index (χ0v) is 8.75. The molecule has 76 valence electrons. The maximum absolute atomic E-state index is 11.0. The number of ether oxygens (including phenoxy) is 2. The Bertz CT molecular complexity index is 325. The number of hydrogen-bond acceptors (Lipinski definition) is 3. The highest BCUT2D eigenvalue weighted by Gasteiger charge is 2.14. The number of hydrogen-bond donors (Lipinski definition) is 0. The molecule has 0 fully saturated rings. The maximum Gasteiger partial charge on any atom is 0.346 e. The Kier molecular flexibility index (Phi) is 3.77. The van der Waals surface area contributed by atoms with Crippen LogP contribution in [0.4, 0.5) is 0 Å². The molecule has 14 heavy (non-hydrogen) atoms. The second-order valence-corrected chi connectivity index (χ2v) is 3.18. The molecule has 1 atom stereocenters. The van der Waals surface area contributed by atoms with Gasteiger partial charge >= 0.3 is 5.97 Å². The molecule has 0 N–H and O–H groups in total. The van der Waals surface area contributed by atoms with Gasteiger partial charge in [-0.05, 0) is 25.1 Å². The average Bonchev–Trinajstić information content (AvgIpc) is 2.16. The van der Waals surface area contributed by atoms with E-state index in [9.17, 15) is 4.79 Å². The van der Waals surface area contributed by atoms with Crippen LogP contribution in [0, 0.1) is 0 Å². The minimum absolute atomic E-state index is 0.412. The van der Waals surface area contributed by atoms with Crippen LogP contribution < -0.4 is 4.74 Å². The third-order valence-electron chi connectivity index (χ3n) is 1.64. The van der Waals surface area contributed by atoms with Crippen molar-refractivity contribution in [2.24, 2.45) is 0 Å². The third kappa shape index (κ3) is 2.92. The summed E-state index contributed by atoms with van der Waals surface area (Å²) in [6.07, 6.45) is -0.626. The fourth-order valence-electron chi connectivity index (χ4n) is 0.959. The van der Waals surface area contributed by atoms with Gasteiger partial charge in [0.25, 0.3) is 0 Å². The molecule has 1 aromatic rings. The van der Waals surface area contributed by atoms with Gasteiger partial charge < -0.3 is 9.47 Å². The zero-order valence-electron chi connectivity index (χ0n) is 7.99. The van der Waals surface area contributed by atoms with Crippen LogP contribution >= 0.6 is 11.6 Å². The summed E-state index contributed by atoms with van der Waals surface area (Å²) in [7, 11) is 1.32. The molecule has 0 aliphatic heterocycles. The van der Waals surface area contributed by atoms with Gasteiger partial charge in [0, 0.05) is 5.02 Å². The Labute approximate surface area is 87.6 Å². The lowest BCUT2D eigenvalue weighted by molar-refractivity contribution is -0.147. The molecule has 0 unspecified atom stereocenters. The number of methoxy groups -OCH3 is 1. The summed E-state index contributed by atoms with van der Waals surface area (Å²) < 4.78 is 9.81. The van der Waals surface area contributed by atoms with Crippen molar-refractivity contribution in [1.29, 1.82) is 0 Å². The summed E-state index contributed by atoms with van der Waals surface area (Å²) in [6, 6.07) is 6.85. The Hall–Kier alpha value is -1.22. The van der Waals surface area contributed by atoms with Crippen LogP contribution in [0.1, 0.15) is 6.92 Å². The molecule has 1 aromatic carbocycles. The predicted octanol–water partition coefficient (Wildman–Crippen LogP) is 2.28. The lowest BCUT2D eigenvalue weighted by Crippen LogP contribution is -2.24. The van der Waals surface area contributed by atoms with E-state index in [1.807, 2.05) is 0 Å². The van der Waals surface area contributed by atoms with Crippen molar-refractivity contribution in [2.45, 2.75) is 13.0 Å². The molecule has 3 nitrogen and oxygen atoms in total. The zero-order chi connectivity index (χ0) is 10.6. The molecular weight excluding hydrogens is 204 g/mol. The van der Waals surface area contributed by atoms with Gasteiger partial charge in [-0.3, -0.25) is 0 Å². The molecule has 0 aromatic heterocycles. The van der Waals surface area contributed by atoms with Crippen molar-refractivity contribution in [3.63, 3.8) is 0 Å². The Morgan fingerprint density at radius 3 is 2.79 bits per heavy atom. The molecular formula is C10H11ClO3. The number of halogens is 1. The van der Waals surface area contributed by atoms with E-state index in [2.05, 4.69) is 4.74 Å². The molecule has 0 amide bonds. The largest absolute Gasteiger partial charge is 0.479 e. The van der Waals surface area contributed by atoms with E-state index in [0.29, 0.717) is 10.8 Å².